The Morgan fingerprint density at radius 1 is 1.12 bits per heavy atom. The van der Waals surface area contributed by atoms with E-state index in [2.05, 4.69) is 50.0 Å². The molecule has 166 valence electrons. The van der Waals surface area contributed by atoms with Gasteiger partial charge in [0.15, 0.2) is 0 Å². The number of hydrogen-bond donors (Lipinski definition) is 3. The standard InChI is InChI=1S/C25H24N6O2/c1-12-22(13(2)33-31-12)17-10-20-16(11-21(17)32-4)23-24(27-14(3)28-25(23)30-20)29-19-7-5-6-18-15(19)8-9-26-18/h5-7,10-11,26H,8-9H2,1-4H3,(H2,27,28,29,30). The lowest BCUT2D eigenvalue weighted by molar-refractivity contribution is 0.393. The minimum Gasteiger partial charge on any atom is -0.496 e. The van der Waals surface area contributed by atoms with E-state index in [0.717, 1.165) is 74.7 Å². The van der Waals surface area contributed by atoms with Crippen LogP contribution in [0.1, 0.15) is 22.8 Å². The van der Waals surface area contributed by atoms with Crippen molar-refractivity contribution in [1.82, 2.24) is 20.1 Å². The number of aromatic amines is 1. The number of methoxy groups -OCH3 is 1. The predicted molar refractivity (Wildman–Crippen MR) is 130 cm³/mol. The second-order valence-corrected chi connectivity index (χ2v) is 8.40. The van der Waals surface area contributed by atoms with Gasteiger partial charge in [-0.1, -0.05) is 11.2 Å². The molecule has 4 heterocycles. The maximum atomic E-state index is 5.80. The van der Waals surface area contributed by atoms with Crippen LogP contribution in [0, 0.1) is 20.8 Å². The van der Waals surface area contributed by atoms with Gasteiger partial charge in [-0.15, -0.1) is 0 Å². The van der Waals surface area contributed by atoms with Crippen LogP contribution < -0.4 is 15.4 Å². The van der Waals surface area contributed by atoms with Gasteiger partial charge < -0.3 is 24.9 Å². The number of nitrogens with one attached hydrogen (secondary N) is 3. The van der Waals surface area contributed by atoms with E-state index >= 15 is 0 Å². The number of aromatic nitrogens is 4. The van der Waals surface area contributed by atoms with Crippen molar-refractivity contribution < 1.29 is 9.26 Å². The molecule has 0 fully saturated rings. The fourth-order valence-corrected chi connectivity index (χ4v) is 4.85. The summed E-state index contributed by atoms with van der Waals surface area (Å²) in [6.07, 6.45) is 0.980. The third-order valence-electron chi connectivity index (χ3n) is 6.31. The molecule has 1 aliphatic rings. The SMILES string of the molecule is COc1cc2c(cc1-c1c(C)noc1C)[nH]c1nc(C)nc(Nc3cccc4c3CCN4)c12. The zero-order chi connectivity index (χ0) is 22.7. The van der Waals surface area contributed by atoms with Crippen LogP contribution in [0.3, 0.4) is 0 Å². The van der Waals surface area contributed by atoms with Gasteiger partial charge in [0.05, 0.1) is 23.8 Å². The Morgan fingerprint density at radius 3 is 2.79 bits per heavy atom. The van der Waals surface area contributed by atoms with Gasteiger partial charge in [-0.2, -0.15) is 0 Å². The Balaban J connectivity index is 1.58. The van der Waals surface area contributed by atoms with Gasteiger partial charge in [-0.3, -0.25) is 0 Å². The van der Waals surface area contributed by atoms with Crippen molar-refractivity contribution in [2.24, 2.45) is 0 Å². The summed E-state index contributed by atoms with van der Waals surface area (Å²) >= 11 is 0. The van der Waals surface area contributed by atoms with Gasteiger partial charge in [0.1, 0.15) is 28.8 Å². The second kappa shape index (κ2) is 7.23. The second-order valence-electron chi connectivity index (χ2n) is 8.40. The van der Waals surface area contributed by atoms with Gasteiger partial charge in [-0.25, -0.2) is 9.97 Å². The predicted octanol–water partition coefficient (Wildman–Crippen LogP) is 5.41. The Labute approximate surface area is 190 Å². The summed E-state index contributed by atoms with van der Waals surface area (Å²) in [5.74, 6) is 2.97. The maximum Gasteiger partial charge on any atom is 0.144 e. The average molecular weight is 441 g/mol. The van der Waals surface area contributed by atoms with Crippen molar-refractivity contribution >= 4 is 39.1 Å². The van der Waals surface area contributed by atoms with Crippen LogP contribution in [-0.4, -0.2) is 33.8 Å². The van der Waals surface area contributed by atoms with E-state index in [1.54, 1.807) is 7.11 Å². The summed E-state index contributed by atoms with van der Waals surface area (Å²) in [5, 5.41) is 13.1. The van der Waals surface area contributed by atoms with Crippen molar-refractivity contribution in [3.05, 3.63) is 53.2 Å². The minimum atomic E-state index is 0.695. The molecular formula is C25H24N6O2. The summed E-state index contributed by atoms with van der Waals surface area (Å²) in [6.45, 7) is 6.70. The number of hydrogen-bond acceptors (Lipinski definition) is 7. The summed E-state index contributed by atoms with van der Waals surface area (Å²) in [4.78, 5) is 12.9. The van der Waals surface area contributed by atoms with Crippen molar-refractivity contribution in [2.45, 2.75) is 27.2 Å². The molecule has 0 radical (unpaired) electrons. The molecule has 8 nitrogen and oxygen atoms in total. The van der Waals surface area contributed by atoms with Crippen molar-refractivity contribution in [3.63, 3.8) is 0 Å². The van der Waals surface area contributed by atoms with Crippen molar-refractivity contribution in [1.29, 1.82) is 0 Å². The minimum absolute atomic E-state index is 0.695. The number of nitrogens with zero attached hydrogens (tertiary/aromatic N) is 3. The lowest BCUT2D eigenvalue weighted by Gasteiger charge is -2.12. The number of aryl methyl sites for hydroxylation is 3. The molecular weight excluding hydrogens is 416 g/mol. The zero-order valence-corrected chi connectivity index (χ0v) is 19.0. The third-order valence-corrected chi connectivity index (χ3v) is 6.31. The van der Waals surface area contributed by atoms with Crippen LogP contribution in [0.25, 0.3) is 33.1 Å². The highest BCUT2D eigenvalue weighted by Crippen LogP contribution is 2.41. The molecule has 0 atom stereocenters. The van der Waals surface area contributed by atoms with E-state index in [0.29, 0.717) is 5.82 Å². The molecule has 3 aromatic heterocycles. The molecule has 0 saturated heterocycles. The largest absolute Gasteiger partial charge is 0.496 e. The fourth-order valence-electron chi connectivity index (χ4n) is 4.85. The quantitative estimate of drug-likeness (QED) is 0.343. The number of H-pyrrole nitrogens is 1. The van der Waals surface area contributed by atoms with Crippen LogP contribution in [0.4, 0.5) is 17.2 Å². The number of fused-ring (bicyclic) bond motifs is 4. The van der Waals surface area contributed by atoms with Gasteiger partial charge in [0, 0.05) is 39.9 Å². The highest BCUT2D eigenvalue weighted by molar-refractivity contribution is 6.13. The van der Waals surface area contributed by atoms with E-state index in [1.807, 2.05) is 26.8 Å². The van der Waals surface area contributed by atoms with Gasteiger partial charge in [-0.05, 0) is 51.5 Å². The molecule has 1 aliphatic heterocycles. The molecule has 33 heavy (non-hydrogen) atoms. The molecule has 0 saturated carbocycles. The molecule has 0 spiro atoms. The first kappa shape index (κ1) is 19.6. The summed E-state index contributed by atoms with van der Waals surface area (Å²) in [6, 6.07) is 10.4. The fraction of sp³-hybridized carbons (Fsp3) is 0.240. The Morgan fingerprint density at radius 2 is 2.00 bits per heavy atom. The van der Waals surface area contributed by atoms with Crippen LogP contribution in [-0.2, 0) is 6.42 Å². The topological polar surface area (TPSA) is 101 Å². The number of benzene rings is 2. The summed E-state index contributed by atoms with van der Waals surface area (Å²) in [5.41, 5.74) is 7.94. The zero-order valence-electron chi connectivity index (χ0n) is 19.0. The van der Waals surface area contributed by atoms with Crippen LogP contribution >= 0.6 is 0 Å². The molecule has 0 amide bonds. The van der Waals surface area contributed by atoms with E-state index < -0.39 is 0 Å². The van der Waals surface area contributed by atoms with Crippen LogP contribution in [0.15, 0.2) is 34.9 Å². The first-order valence-corrected chi connectivity index (χ1v) is 11.0. The van der Waals surface area contributed by atoms with Crippen LogP contribution in [0.2, 0.25) is 0 Å². The molecule has 0 aliphatic carbocycles. The molecule has 0 unspecified atom stereocenters. The maximum absolute atomic E-state index is 5.80. The van der Waals surface area contributed by atoms with E-state index in [1.165, 1.54) is 11.3 Å². The number of ether oxygens (including phenoxy) is 1. The summed E-state index contributed by atoms with van der Waals surface area (Å²) in [7, 11) is 1.68. The number of anilines is 3. The van der Waals surface area contributed by atoms with Crippen LogP contribution in [0.5, 0.6) is 5.75 Å². The number of rotatable bonds is 4. The lowest BCUT2D eigenvalue weighted by atomic mass is 10.0. The average Bonchev–Trinajstić information content (AvgIpc) is 3.49. The van der Waals surface area contributed by atoms with E-state index in [4.69, 9.17) is 14.2 Å². The first-order valence-electron chi connectivity index (χ1n) is 11.0. The highest BCUT2D eigenvalue weighted by atomic mass is 16.5. The Hall–Kier alpha value is -4.07. The Kier molecular flexibility index (Phi) is 4.29. The lowest BCUT2D eigenvalue weighted by Crippen LogP contribution is -2.00. The smallest absolute Gasteiger partial charge is 0.144 e. The van der Waals surface area contributed by atoms with E-state index in [9.17, 15) is 0 Å². The first-order chi connectivity index (χ1) is 16.0. The molecule has 3 N–H and O–H groups in total. The van der Waals surface area contributed by atoms with Crippen molar-refractivity contribution in [3.8, 4) is 16.9 Å². The third kappa shape index (κ3) is 3.01. The van der Waals surface area contributed by atoms with E-state index in [-0.39, 0.29) is 0 Å². The molecule has 2 aromatic carbocycles. The molecule has 0 bridgehead atoms. The molecule has 8 heteroatoms. The van der Waals surface area contributed by atoms with Gasteiger partial charge >= 0.3 is 0 Å². The summed E-state index contributed by atoms with van der Waals surface area (Å²) < 4.78 is 11.2. The van der Waals surface area contributed by atoms with Gasteiger partial charge in [0.25, 0.3) is 0 Å². The highest BCUT2D eigenvalue weighted by Gasteiger charge is 2.21. The normalized spacial score (nSPS) is 12.8. The Bertz CT molecular complexity index is 1530. The monoisotopic (exact) mass is 440 g/mol. The molecule has 6 rings (SSSR count). The molecule has 5 aromatic rings. The van der Waals surface area contributed by atoms with Crippen molar-refractivity contribution in [2.75, 3.05) is 24.3 Å². The van der Waals surface area contributed by atoms with Gasteiger partial charge in [0.2, 0.25) is 0 Å².